The summed E-state index contributed by atoms with van der Waals surface area (Å²) in [6.07, 6.45) is 3.12. The molecular weight excluding hydrogens is 228 g/mol. The van der Waals surface area contributed by atoms with E-state index in [0.29, 0.717) is 6.42 Å². The van der Waals surface area contributed by atoms with Gasteiger partial charge in [-0.25, -0.2) is 0 Å². The van der Waals surface area contributed by atoms with Crippen LogP contribution >= 0.6 is 0 Å². The van der Waals surface area contributed by atoms with Gasteiger partial charge in [0.1, 0.15) is 17.8 Å². The van der Waals surface area contributed by atoms with Gasteiger partial charge in [0.25, 0.3) is 0 Å². The molecule has 2 aromatic rings. The quantitative estimate of drug-likeness (QED) is 0.759. The molecule has 0 fully saturated rings. The fourth-order valence-electron chi connectivity index (χ4n) is 1.97. The van der Waals surface area contributed by atoms with E-state index in [2.05, 4.69) is 0 Å². The van der Waals surface area contributed by atoms with E-state index < -0.39 is 5.41 Å². The monoisotopic (exact) mass is 244 g/mol. The third-order valence-corrected chi connectivity index (χ3v) is 3.11. The number of aldehydes is 1. The molecule has 1 aromatic heterocycles. The molecule has 2 rings (SSSR count). The molecule has 0 spiro atoms. The molecule has 1 aromatic carbocycles. The molecule has 0 bridgehead atoms. The van der Waals surface area contributed by atoms with Crippen LogP contribution in [0.1, 0.15) is 18.2 Å². The highest BCUT2D eigenvalue weighted by molar-refractivity contribution is 5.68. The van der Waals surface area contributed by atoms with Crippen molar-refractivity contribution in [2.75, 3.05) is 7.11 Å². The van der Waals surface area contributed by atoms with E-state index in [-0.39, 0.29) is 0 Å². The van der Waals surface area contributed by atoms with Crippen LogP contribution in [0, 0.1) is 0 Å². The van der Waals surface area contributed by atoms with E-state index in [0.717, 1.165) is 23.4 Å². The van der Waals surface area contributed by atoms with Crippen molar-refractivity contribution in [2.45, 2.75) is 18.8 Å². The van der Waals surface area contributed by atoms with Crippen molar-refractivity contribution in [2.24, 2.45) is 0 Å². The Balaban J connectivity index is 2.33. The van der Waals surface area contributed by atoms with Crippen LogP contribution in [0.25, 0.3) is 0 Å². The molecule has 1 heterocycles. The molecule has 94 valence electrons. The van der Waals surface area contributed by atoms with Crippen molar-refractivity contribution in [3.8, 4) is 5.75 Å². The van der Waals surface area contributed by atoms with Gasteiger partial charge < -0.3 is 13.9 Å². The zero-order valence-electron chi connectivity index (χ0n) is 10.6. The van der Waals surface area contributed by atoms with Crippen LogP contribution < -0.4 is 4.74 Å². The second kappa shape index (κ2) is 5.08. The number of hydrogen-bond donors (Lipinski definition) is 0. The predicted molar refractivity (Wildman–Crippen MR) is 68.8 cm³/mol. The maximum Gasteiger partial charge on any atom is 0.130 e. The first kappa shape index (κ1) is 12.4. The summed E-state index contributed by atoms with van der Waals surface area (Å²) in [4.78, 5) is 11.5. The van der Waals surface area contributed by atoms with Gasteiger partial charge >= 0.3 is 0 Å². The van der Waals surface area contributed by atoms with Crippen molar-refractivity contribution < 1.29 is 13.9 Å². The first-order chi connectivity index (χ1) is 8.68. The predicted octanol–water partition coefficient (Wildman–Crippen LogP) is 2.99. The average molecular weight is 244 g/mol. The highest BCUT2D eigenvalue weighted by atomic mass is 16.5. The Morgan fingerprint density at radius 2 is 2.17 bits per heavy atom. The lowest BCUT2D eigenvalue weighted by Gasteiger charge is -2.22. The third-order valence-electron chi connectivity index (χ3n) is 3.11. The molecule has 0 saturated carbocycles. The van der Waals surface area contributed by atoms with Crippen LogP contribution in [0.5, 0.6) is 5.75 Å². The molecule has 3 nitrogen and oxygen atoms in total. The van der Waals surface area contributed by atoms with Gasteiger partial charge in [-0.2, -0.15) is 0 Å². The molecule has 1 unspecified atom stereocenters. The summed E-state index contributed by atoms with van der Waals surface area (Å²) in [5.41, 5.74) is 0.320. The standard InChI is InChI=1S/C15H16O3/c1-15(11-16,10-14-7-4-8-18-14)12-5-3-6-13(9-12)17-2/h3-9,11H,10H2,1-2H3. The Morgan fingerprint density at radius 3 is 2.78 bits per heavy atom. The van der Waals surface area contributed by atoms with Gasteiger partial charge in [-0.05, 0) is 36.8 Å². The summed E-state index contributed by atoms with van der Waals surface area (Å²) in [6.45, 7) is 1.90. The van der Waals surface area contributed by atoms with Crippen LogP contribution in [0.15, 0.2) is 47.1 Å². The fourth-order valence-corrected chi connectivity index (χ4v) is 1.97. The molecule has 0 amide bonds. The molecule has 0 aliphatic carbocycles. The Labute approximate surface area is 106 Å². The van der Waals surface area contributed by atoms with E-state index in [9.17, 15) is 4.79 Å². The lowest BCUT2D eigenvalue weighted by molar-refractivity contribution is -0.112. The molecule has 0 radical (unpaired) electrons. The van der Waals surface area contributed by atoms with Gasteiger partial charge in [-0.3, -0.25) is 0 Å². The highest BCUT2D eigenvalue weighted by Crippen LogP contribution is 2.28. The first-order valence-corrected chi connectivity index (χ1v) is 5.81. The molecule has 3 heteroatoms. The van der Waals surface area contributed by atoms with Crippen LogP contribution in [-0.4, -0.2) is 13.4 Å². The fraction of sp³-hybridized carbons (Fsp3) is 0.267. The van der Waals surface area contributed by atoms with Crippen LogP contribution in [0.4, 0.5) is 0 Å². The van der Waals surface area contributed by atoms with Crippen molar-refractivity contribution in [1.29, 1.82) is 0 Å². The Hall–Kier alpha value is -2.03. The molecular formula is C15H16O3. The Morgan fingerprint density at radius 1 is 1.33 bits per heavy atom. The van der Waals surface area contributed by atoms with Crippen molar-refractivity contribution in [1.82, 2.24) is 0 Å². The Bertz CT molecular complexity index is 516. The number of benzene rings is 1. The van der Waals surface area contributed by atoms with E-state index in [4.69, 9.17) is 9.15 Å². The van der Waals surface area contributed by atoms with E-state index in [1.54, 1.807) is 13.4 Å². The SMILES string of the molecule is COc1cccc(C(C)(C=O)Cc2ccco2)c1. The van der Waals surface area contributed by atoms with Gasteiger partial charge in [0.2, 0.25) is 0 Å². The molecule has 0 aliphatic rings. The van der Waals surface area contributed by atoms with Crippen molar-refractivity contribution in [3.05, 3.63) is 54.0 Å². The maximum atomic E-state index is 11.5. The van der Waals surface area contributed by atoms with E-state index >= 15 is 0 Å². The van der Waals surface area contributed by atoms with Gasteiger partial charge in [0.15, 0.2) is 0 Å². The number of carbonyl (C=O) groups is 1. The normalized spacial score (nSPS) is 13.9. The van der Waals surface area contributed by atoms with E-state index in [1.807, 2.05) is 43.3 Å². The Kier molecular flexibility index (Phi) is 3.51. The molecule has 0 aliphatic heterocycles. The zero-order valence-corrected chi connectivity index (χ0v) is 10.6. The summed E-state index contributed by atoms with van der Waals surface area (Å²) < 4.78 is 10.5. The van der Waals surface area contributed by atoms with E-state index in [1.165, 1.54) is 0 Å². The number of hydrogen-bond acceptors (Lipinski definition) is 3. The number of rotatable bonds is 5. The summed E-state index contributed by atoms with van der Waals surface area (Å²) in [5, 5.41) is 0. The lowest BCUT2D eigenvalue weighted by atomic mass is 9.80. The van der Waals surface area contributed by atoms with Crippen molar-refractivity contribution in [3.63, 3.8) is 0 Å². The average Bonchev–Trinajstić information content (AvgIpc) is 2.91. The topological polar surface area (TPSA) is 39.4 Å². The summed E-state index contributed by atoms with van der Waals surface area (Å²) in [6, 6.07) is 11.3. The van der Waals surface area contributed by atoms with Gasteiger partial charge in [0.05, 0.1) is 18.8 Å². The van der Waals surface area contributed by atoms with Crippen LogP contribution in [-0.2, 0) is 16.6 Å². The van der Waals surface area contributed by atoms with Crippen LogP contribution in [0.3, 0.4) is 0 Å². The van der Waals surface area contributed by atoms with Gasteiger partial charge in [-0.1, -0.05) is 12.1 Å². The lowest BCUT2D eigenvalue weighted by Crippen LogP contribution is -2.26. The minimum absolute atomic E-state index is 0.538. The van der Waals surface area contributed by atoms with Gasteiger partial charge in [-0.15, -0.1) is 0 Å². The number of methoxy groups -OCH3 is 1. The highest BCUT2D eigenvalue weighted by Gasteiger charge is 2.28. The minimum Gasteiger partial charge on any atom is -0.497 e. The largest absolute Gasteiger partial charge is 0.497 e. The first-order valence-electron chi connectivity index (χ1n) is 5.81. The second-order valence-corrected chi connectivity index (χ2v) is 4.52. The molecule has 1 atom stereocenters. The minimum atomic E-state index is -0.605. The maximum absolute atomic E-state index is 11.5. The zero-order chi connectivity index (χ0) is 13.0. The molecule has 0 saturated heterocycles. The number of ether oxygens (including phenoxy) is 1. The summed E-state index contributed by atoms with van der Waals surface area (Å²) in [7, 11) is 1.61. The molecule has 18 heavy (non-hydrogen) atoms. The van der Waals surface area contributed by atoms with Crippen molar-refractivity contribution >= 4 is 6.29 Å². The second-order valence-electron chi connectivity index (χ2n) is 4.52. The third kappa shape index (κ3) is 2.45. The summed E-state index contributed by atoms with van der Waals surface area (Å²) >= 11 is 0. The number of furan rings is 1. The van der Waals surface area contributed by atoms with Gasteiger partial charge in [0, 0.05) is 6.42 Å². The molecule has 0 N–H and O–H groups in total. The smallest absolute Gasteiger partial charge is 0.130 e. The van der Waals surface area contributed by atoms with Crippen LogP contribution in [0.2, 0.25) is 0 Å². The number of carbonyl (C=O) groups excluding carboxylic acids is 1. The summed E-state index contributed by atoms with van der Waals surface area (Å²) in [5.74, 6) is 1.55.